The third-order valence-corrected chi connectivity index (χ3v) is 6.06. The van der Waals surface area contributed by atoms with Gasteiger partial charge < -0.3 is 14.6 Å². The lowest BCUT2D eigenvalue weighted by Gasteiger charge is -2.13. The number of aryl methyl sites for hydroxylation is 2. The number of ether oxygens (including phenoxy) is 2. The molecule has 0 spiro atoms. The Morgan fingerprint density at radius 1 is 0.789 bits per heavy atom. The number of nitrogens with zero attached hydrogens (tertiary/aromatic N) is 3. The SMILES string of the molecule is C=C(C)C(=O)OCCOc1ccc(-c2nc(-c3ccccc3CC)nc(-c3ccccc3CC)n2)c(O)c1. The molecule has 3 aromatic carbocycles. The van der Waals surface area contributed by atoms with E-state index in [0.717, 1.165) is 35.1 Å². The van der Waals surface area contributed by atoms with E-state index >= 15 is 0 Å². The number of phenols is 1. The number of benzene rings is 3. The number of aromatic nitrogens is 3. The molecule has 0 bridgehead atoms. The zero-order valence-corrected chi connectivity index (χ0v) is 21.9. The van der Waals surface area contributed by atoms with Gasteiger partial charge in [0.05, 0.1) is 5.56 Å². The molecule has 0 saturated carbocycles. The normalized spacial score (nSPS) is 10.7. The Morgan fingerprint density at radius 3 is 1.82 bits per heavy atom. The minimum atomic E-state index is -0.470. The fraction of sp³-hybridized carbons (Fsp3) is 0.226. The van der Waals surface area contributed by atoms with E-state index < -0.39 is 5.97 Å². The highest BCUT2D eigenvalue weighted by Gasteiger charge is 2.17. The molecule has 194 valence electrons. The van der Waals surface area contributed by atoms with Crippen LogP contribution in [0.15, 0.2) is 78.9 Å². The maximum atomic E-state index is 11.5. The van der Waals surface area contributed by atoms with Crippen molar-refractivity contribution in [3.8, 4) is 45.7 Å². The molecular formula is C31H31N3O4. The summed E-state index contributed by atoms with van der Waals surface area (Å²) in [6.07, 6.45) is 1.66. The zero-order chi connectivity index (χ0) is 27.1. The monoisotopic (exact) mass is 509 g/mol. The first-order valence-electron chi connectivity index (χ1n) is 12.6. The van der Waals surface area contributed by atoms with Gasteiger partial charge in [-0.25, -0.2) is 19.7 Å². The average Bonchev–Trinajstić information content (AvgIpc) is 2.94. The van der Waals surface area contributed by atoms with Crippen molar-refractivity contribution >= 4 is 5.97 Å². The first-order valence-corrected chi connectivity index (χ1v) is 12.6. The van der Waals surface area contributed by atoms with Gasteiger partial charge in [0.2, 0.25) is 0 Å². The van der Waals surface area contributed by atoms with Gasteiger partial charge in [-0.05, 0) is 43.0 Å². The van der Waals surface area contributed by atoms with Crippen LogP contribution in [-0.4, -0.2) is 39.2 Å². The Kier molecular flexibility index (Phi) is 8.48. The molecule has 0 aliphatic heterocycles. The molecule has 1 N–H and O–H groups in total. The summed E-state index contributed by atoms with van der Waals surface area (Å²) in [5.41, 5.74) is 4.89. The van der Waals surface area contributed by atoms with Crippen molar-refractivity contribution in [2.45, 2.75) is 33.6 Å². The fourth-order valence-electron chi connectivity index (χ4n) is 4.04. The van der Waals surface area contributed by atoms with Crippen molar-refractivity contribution < 1.29 is 19.4 Å². The predicted octanol–water partition coefficient (Wildman–Crippen LogP) is 6.20. The van der Waals surface area contributed by atoms with Crippen molar-refractivity contribution in [3.05, 3.63) is 90.0 Å². The Labute approximate surface area is 222 Å². The van der Waals surface area contributed by atoms with Gasteiger partial charge in [0.25, 0.3) is 0 Å². The first-order chi connectivity index (χ1) is 18.4. The van der Waals surface area contributed by atoms with Crippen LogP contribution in [0.5, 0.6) is 11.5 Å². The predicted molar refractivity (Wildman–Crippen MR) is 148 cm³/mol. The summed E-state index contributed by atoms with van der Waals surface area (Å²) in [5.74, 6) is 1.39. The number of carbonyl (C=O) groups is 1. The van der Waals surface area contributed by atoms with Crippen LogP contribution in [0.1, 0.15) is 31.9 Å². The largest absolute Gasteiger partial charge is 0.507 e. The van der Waals surface area contributed by atoms with Crippen LogP contribution in [0, 0.1) is 0 Å². The van der Waals surface area contributed by atoms with Gasteiger partial charge in [-0.15, -0.1) is 0 Å². The molecular weight excluding hydrogens is 478 g/mol. The van der Waals surface area contributed by atoms with Crippen molar-refractivity contribution in [3.63, 3.8) is 0 Å². The summed E-state index contributed by atoms with van der Waals surface area (Å²) < 4.78 is 10.7. The smallest absolute Gasteiger partial charge is 0.333 e. The van der Waals surface area contributed by atoms with Gasteiger partial charge in [-0.2, -0.15) is 0 Å². The van der Waals surface area contributed by atoms with E-state index in [9.17, 15) is 9.90 Å². The molecule has 0 saturated heterocycles. The minimum absolute atomic E-state index is 0.0305. The molecule has 0 aliphatic rings. The van der Waals surface area contributed by atoms with E-state index in [1.807, 2.05) is 36.4 Å². The molecule has 4 aromatic rings. The lowest BCUT2D eigenvalue weighted by molar-refractivity contribution is -0.139. The summed E-state index contributed by atoms with van der Waals surface area (Å²) >= 11 is 0. The van der Waals surface area contributed by atoms with E-state index in [-0.39, 0.29) is 19.0 Å². The third-order valence-electron chi connectivity index (χ3n) is 6.06. The molecule has 0 radical (unpaired) electrons. The maximum Gasteiger partial charge on any atom is 0.333 e. The lowest BCUT2D eigenvalue weighted by atomic mass is 10.0. The van der Waals surface area contributed by atoms with Gasteiger partial charge in [-0.1, -0.05) is 69.0 Å². The molecule has 4 rings (SSSR count). The Bertz CT molecular complexity index is 1400. The molecule has 38 heavy (non-hydrogen) atoms. The topological polar surface area (TPSA) is 94.4 Å². The second-order valence-corrected chi connectivity index (χ2v) is 8.77. The van der Waals surface area contributed by atoms with Gasteiger partial charge in [0, 0.05) is 22.8 Å². The molecule has 0 aliphatic carbocycles. The van der Waals surface area contributed by atoms with Crippen LogP contribution < -0.4 is 4.74 Å². The standard InChI is InChI=1S/C31H31N3O4/c1-5-21-11-7-9-13-24(21)28-32-29(25-14-10-8-12-22(25)6-2)34-30(33-28)26-16-15-23(19-27(26)35)37-17-18-38-31(36)20(3)4/h7-16,19,35H,3,5-6,17-18H2,1-2,4H3. The van der Waals surface area contributed by atoms with Gasteiger partial charge >= 0.3 is 5.97 Å². The number of carbonyl (C=O) groups excluding carboxylic acids is 1. The Hall–Kier alpha value is -4.52. The molecule has 7 heteroatoms. The van der Waals surface area contributed by atoms with Crippen LogP contribution in [0.2, 0.25) is 0 Å². The molecule has 0 fully saturated rings. The minimum Gasteiger partial charge on any atom is -0.507 e. The number of phenolic OH excluding ortho intramolecular Hbond substituents is 1. The Balaban J connectivity index is 1.71. The maximum absolute atomic E-state index is 11.5. The molecule has 0 atom stereocenters. The fourth-order valence-corrected chi connectivity index (χ4v) is 4.04. The summed E-state index contributed by atoms with van der Waals surface area (Å²) in [4.78, 5) is 25.9. The summed E-state index contributed by atoms with van der Waals surface area (Å²) in [6.45, 7) is 9.53. The molecule has 1 aromatic heterocycles. The van der Waals surface area contributed by atoms with Gasteiger partial charge in [-0.3, -0.25) is 0 Å². The first kappa shape index (κ1) is 26.5. The number of hydrogen-bond donors (Lipinski definition) is 1. The van der Waals surface area contributed by atoms with Crippen LogP contribution in [0.25, 0.3) is 34.2 Å². The van der Waals surface area contributed by atoms with E-state index in [4.69, 9.17) is 24.4 Å². The summed E-state index contributed by atoms with van der Waals surface area (Å²) in [6, 6.07) is 21.0. The van der Waals surface area contributed by atoms with Crippen molar-refractivity contribution in [1.82, 2.24) is 15.0 Å². The average molecular weight is 510 g/mol. The zero-order valence-electron chi connectivity index (χ0n) is 21.9. The highest BCUT2D eigenvalue weighted by atomic mass is 16.6. The second-order valence-electron chi connectivity index (χ2n) is 8.77. The highest BCUT2D eigenvalue weighted by Crippen LogP contribution is 2.34. The second kappa shape index (κ2) is 12.1. The van der Waals surface area contributed by atoms with E-state index in [1.165, 1.54) is 6.07 Å². The van der Waals surface area contributed by atoms with E-state index in [1.54, 1.807) is 19.1 Å². The number of esters is 1. The van der Waals surface area contributed by atoms with Crippen LogP contribution in [0.4, 0.5) is 0 Å². The quantitative estimate of drug-likeness (QED) is 0.154. The molecule has 1 heterocycles. The summed E-state index contributed by atoms with van der Waals surface area (Å²) in [5, 5.41) is 10.9. The van der Waals surface area contributed by atoms with E-state index in [2.05, 4.69) is 32.6 Å². The number of rotatable bonds is 10. The summed E-state index contributed by atoms with van der Waals surface area (Å²) in [7, 11) is 0. The molecule has 0 unspecified atom stereocenters. The van der Waals surface area contributed by atoms with Crippen LogP contribution >= 0.6 is 0 Å². The lowest BCUT2D eigenvalue weighted by Crippen LogP contribution is -2.12. The molecule has 7 nitrogen and oxygen atoms in total. The van der Waals surface area contributed by atoms with Crippen molar-refractivity contribution in [1.29, 1.82) is 0 Å². The van der Waals surface area contributed by atoms with Gasteiger partial charge in [0.15, 0.2) is 17.5 Å². The van der Waals surface area contributed by atoms with Crippen LogP contribution in [0.3, 0.4) is 0 Å². The number of aromatic hydroxyl groups is 1. The highest BCUT2D eigenvalue weighted by molar-refractivity contribution is 5.86. The Morgan fingerprint density at radius 2 is 1.32 bits per heavy atom. The van der Waals surface area contributed by atoms with Crippen molar-refractivity contribution in [2.24, 2.45) is 0 Å². The van der Waals surface area contributed by atoms with Crippen LogP contribution in [-0.2, 0) is 22.4 Å². The number of hydrogen-bond acceptors (Lipinski definition) is 7. The molecule has 0 amide bonds. The van der Waals surface area contributed by atoms with E-state index in [0.29, 0.717) is 34.4 Å². The van der Waals surface area contributed by atoms with Gasteiger partial charge in [0.1, 0.15) is 24.7 Å². The third kappa shape index (κ3) is 6.06. The van der Waals surface area contributed by atoms with Crippen molar-refractivity contribution in [2.75, 3.05) is 13.2 Å².